The van der Waals surface area contributed by atoms with Crippen LogP contribution in [0.15, 0.2) is 16.5 Å². The first-order valence-corrected chi connectivity index (χ1v) is 15.7. The molecule has 1 N–H and O–H groups in total. The van der Waals surface area contributed by atoms with Crippen LogP contribution < -0.4 is 0 Å². The second-order valence-electron chi connectivity index (χ2n) is 13.1. The van der Waals surface area contributed by atoms with Crippen LogP contribution in [0.1, 0.15) is 154 Å². The molecule has 0 radical (unpaired) electrons. The number of carboxylic acid groups (broad SMARTS) is 1. The fourth-order valence-corrected chi connectivity index (χ4v) is 4.54. The molecule has 0 unspecified atom stereocenters. The zero-order valence-electron chi connectivity index (χ0n) is 26.9. The van der Waals surface area contributed by atoms with E-state index in [0.29, 0.717) is 18.6 Å². The van der Waals surface area contributed by atoms with Gasteiger partial charge in [-0.1, -0.05) is 64.2 Å². The first-order valence-electron chi connectivity index (χ1n) is 15.7. The molecule has 42 heavy (non-hydrogen) atoms. The molecule has 0 aliphatic carbocycles. The third-order valence-corrected chi connectivity index (χ3v) is 6.52. The fraction of sp³-hybridized carbons (Fsp3) is 0.758. The molecule has 0 aliphatic heterocycles. The van der Waals surface area contributed by atoms with Crippen molar-refractivity contribution in [1.29, 1.82) is 0 Å². The number of nitrogens with zero attached hydrogens (tertiary/aromatic N) is 1. The van der Waals surface area contributed by atoms with Crippen LogP contribution in [0.3, 0.4) is 0 Å². The van der Waals surface area contributed by atoms with Gasteiger partial charge in [0.1, 0.15) is 17.0 Å². The van der Waals surface area contributed by atoms with Crippen LogP contribution in [-0.2, 0) is 30.4 Å². The molecule has 1 aromatic heterocycles. The Morgan fingerprint density at radius 3 is 1.52 bits per heavy atom. The number of hydrogen-bond donors (Lipinski definition) is 1. The summed E-state index contributed by atoms with van der Waals surface area (Å²) in [6.07, 6.45) is 14.1. The Morgan fingerprint density at radius 2 is 1.10 bits per heavy atom. The van der Waals surface area contributed by atoms with Crippen molar-refractivity contribution in [2.24, 2.45) is 0 Å². The topological polar surface area (TPSA) is 123 Å². The number of aromatic carboxylic acids is 1. The minimum atomic E-state index is -1.17. The molecule has 0 aromatic carbocycles. The normalized spacial score (nSPS) is 11.8. The summed E-state index contributed by atoms with van der Waals surface area (Å²) in [6, 6.07) is 2.91. The maximum atomic E-state index is 13.0. The monoisotopic (exact) mass is 593 g/mol. The SMILES string of the molecule is CC(C)(C)OC(=O)CCCCCCCCCCCCCCC(=O)N(CCC(=O)OC(C)(C)C)Cc1ccc(C(=O)O)o1. The molecule has 9 nitrogen and oxygen atoms in total. The summed E-state index contributed by atoms with van der Waals surface area (Å²) >= 11 is 0. The van der Waals surface area contributed by atoms with Gasteiger partial charge in [-0.15, -0.1) is 0 Å². The Bertz CT molecular complexity index is 954. The molecular formula is C33H55NO8. The van der Waals surface area contributed by atoms with E-state index < -0.39 is 17.2 Å². The summed E-state index contributed by atoms with van der Waals surface area (Å²) in [5.74, 6) is -1.56. The van der Waals surface area contributed by atoms with Crippen molar-refractivity contribution in [2.75, 3.05) is 6.54 Å². The van der Waals surface area contributed by atoms with Crippen LogP contribution in [0.5, 0.6) is 0 Å². The Balaban J connectivity index is 2.22. The molecular weight excluding hydrogens is 538 g/mol. The molecule has 0 saturated carbocycles. The molecule has 0 bridgehead atoms. The largest absolute Gasteiger partial charge is 0.475 e. The Hall–Kier alpha value is -2.84. The van der Waals surface area contributed by atoms with Gasteiger partial charge >= 0.3 is 17.9 Å². The maximum absolute atomic E-state index is 13.0. The third-order valence-electron chi connectivity index (χ3n) is 6.52. The molecule has 1 rings (SSSR count). The van der Waals surface area contributed by atoms with Gasteiger partial charge in [0.15, 0.2) is 0 Å². The van der Waals surface area contributed by atoms with Crippen molar-refractivity contribution < 1.29 is 38.2 Å². The standard InChI is InChI=1S/C33H55NO8/c1-32(2,3)41-29(36)20-18-16-14-12-10-8-7-9-11-13-15-17-19-28(35)34(24-23-30(37)42-33(4,5)6)25-26-21-22-27(40-26)31(38)39/h21-22H,7-20,23-25H2,1-6H3,(H,38,39). The highest BCUT2D eigenvalue weighted by atomic mass is 16.6. The van der Waals surface area contributed by atoms with E-state index in [1.807, 2.05) is 20.8 Å². The zero-order valence-corrected chi connectivity index (χ0v) is 26.9. The molecule has 9 heteroatoms. The van der Waals surface area contributed by atoms with Crippen molar-refractivity contribution in [3.63, 3.8) is 0 Å². The molecule has 0 saturated heterocycles. The molecule has 240 valence electrons. The number of carbonyl (C=O) groups excluding carboxylic acids is 3. The molecule has 0 spiro atoms. The number of ether oxygens (including phenoxy) is 2. The van der Waals surface area contributed by atoms with Gasteiger partial charge in [0.2, 0.25) is 11.7 Å². The van der Waals surface area contributed by atoms with E-state index in [-0.39, 0.29) is 43.1 Å². The molecule has 0 fully saturated rings. The van der Waals surface area contributed by atoms with Crippen molar-refractivity contribution in [2.45, 2.75) is 156 Å². The van der Waals surface area contributed by atoms with Crippen LogP contribution in [0.4, 0.5) is 0 Å². The zero-order chi connectivity index (χ0) is 31.6. The lowest BCUT2D eigenvalue weighted by Crippen LogP contribution is -2.33. The summed E-state index contributed by atoms with van der Waals surface area (Å²) in [7, 11) is 0. The van der Waals surface area contributed by atoms with Crippen molar-refractivity contribution in [3.05, 3.63) is 23.7 Å². The Morgan fingerprint density at radius 1 is 0.667 bits per heavy atom. The average Bonchev–Trinajstić information content (AvgIpc) is 3.33. The van der Waals surface area contributed by atoms with E-state index >= 15 is 0 Å². The number of hydrogen-bond acceptors (Lipinski definition) is 7. The van der Waals surface area contributed by atoms with Crippen molar-refractivity contribution >= 4 is 23.8 Å². The molecule has 1 heterocycles. The van der Waals surface area contributed by atoms with E-state index in [1.165, 1.54) is 38.2 Å². The Kier molecular flexibility index (Phi) is 17.1. The quantitative estimate of drug-likeness (QED) is 0.113. The molecule has 1 aromatic rings. The van der Waals surface area contributed by atoms with Gasteiger partial charge in [0.25, 0.3) is 0 Å². The Labute approximate surface area is 252 Å². The summed E-state index contributed by atoms with van der Waals surface area (Å²) in [6.45, 7) is 11.4. The van der Waals surface area contributed by atoms with Gasteiger partial charge in [-0.3, -0.25) is 14.4 Å². The number of furan rings is 1. The van der Waals surface area contributed by atoms with E-state index in [2.05, 4.69) is 0 Å². The first-order chi connectivity index (χ1) is 19.7. The number of unbranched alkanes of at least 4 members (excludes halogenated alkanes) is 11. The predicted molar refractivity (Wildman–Crippen MR) is 162 cm³/mol. The molecule has 1 amide bonds. The van der Waals surface area contributed by atoms with Crippen molar-refractivity contribution in [1.82, 2.24) is 4.90 Å². The minimum Gasteiger partial charge on any atom is -0.475 e. The van der Waals surface area contributed by atoms with Gasteiger partial charge in [0.05, 0.1) is 13.0 Å². The van der Waals surface area contributed by atoms with Crippen LogP contribution >= 0.6 is 0 Å². The number of rotatable bonds is 21. The maximum Gasteiger partial charge on any atom is 0.371 e. The summed E-state index contributed by atoms with van der Waals surface area (Å²) in [4.78, 5) is 49.6. The van der Waals surface area contributed by atoms with Crippen molar-refractivity contribution in [3.8, 4) is 0 Å². The van der Waals surface area contributed by atoms with Gasteiger partial charge in [-0.2, -0.15) is 0 Å². The smallest absolute Gasteiger partial charge is 0.371 e. The minimum absolute atomic E-state index is 0.0571. The fourth-order valence-electron chi connectivity index (χ4n) is 4.54. The van der Waals surface area contributed by atoms with Crippen LogP contribution in [0.25, 0.3) is 0 Å². The number of esters is 2. The van der Waals surface area contributed by atoms with Crippen LogP contribution in [-0.4, -0.2) is 51.6 Å². The first kappa shape index (κ1) is 37.2. The highest BCUT2D eigenvalue weighted by Gasteiger charge is 2.21. The molecule has 0 atom stereocenters. The van der Waals surface area contributed by atoms with E-state index in [0.717, 1.165) is 44.9 Å². The van der Waals surface area contributed by atoms with Crippen LogP contribution in [0, 0.1) is 0 Å². The number of carbonyl (C=O) groups is 4. The average molecular weight is 594 g/mol. The second-order valence-corrected chi connectivity index (χ2v) is 13.1. The van der Waals surface area contributed by atoms with Gasteiger partial charge in [0, 0.05) is 19.4 Å². The van der Waals surface area contributed by atoms with Gasteiger partial charge in [-0.25, -0.2) is 4.79 Å². The number of carboxylic acids is 1. The van der Waals surface area contributed by atoms with E-state index in [9.17, 15) is 19.2 Å². The lowest BCUT2D eigenvalue weighted by atomic mass is 10.0. The summed E-state index contributed by atoms with van der Waals surface area (Å²) < 4.78 is 16.0. The lowest BCUT2D eigenvalue weighted by molar-refractivity contribution is -0.156. The molecule has 0 aliphatic rings. The summed E-state index contributed by atoms with van der Waals surface area (Å²) in [5.41, 5.74) is -1.01. The predicted octanol–water partition coefficient (Wildman–Crippen LogP) is 7.84. The summed E-state index contributed by atoms with van der Waals surface area (Å²) in [5, 5.41) is 9.11. The van der Waals surface area contributed by atoms with E-state index in [1.54, 1.807) is 31.7 Å². The second kappa shape index (κ2) is 19.4. The van der Waals surface area contributed by atoms with Gasteiger partial charge in [-0.05, 0) is 66.5 Å². The lowest BCUT2D eigenvalue weighted by Gasteiger charge is -2.23. The van der Waals surface area contributed by atoms with E-state index in [4.69, 9.17) is 19.0 Å². The number of amides is 1. The highest BCUT2D eigenvalue weighted by molar-refractivity contribution is 5.84. The highest BCUT2D eigenvalue weighted by Crippen LogP contribution is 2.17. The van der Waals surface area contributed by atoms with Gasteiger partial charge < -0.3 is 23.9 Å². The third kappa shape index (κ3) is 19.3. The van der Waals surface area contributed by atoms with Crippen LogP contribution in [0.2, 0.25) is 0 Å².